The molecule has 0 amide bonds. The third-order valence-electron chi connectivity index (χ3n) is 1.56. The van der Waals surface area contributed by atoms with Gasteiger partial charge in [0.1, 0.15) is 5.75 Å². The van der Waals surface area contributed by atoms with Crippen molar-refractivity contribution in [3.63, 3.8) is 0 Å². The number of rotatable bonds is 3. The minimum absolute atomic E-state index is 0.0927. The van der Waals surface area contributed by atoms with Crippen LogP contribution < -0.4 is 5.14 Å². The van der Waals surface area contributed by atoms with Gasteiger partial charge in [0, 0.05) is 10.6 Å². The SMILES string of the molecule is NS(=O)(=O)CC(=O)c1ccc(Cl)cc1Cl. The zero-order chi connectivity index (χ0) is 11.6. The van der Waals surface area contributed by atoms with Gasteiger partial charge in [0.25, 0.3) is 0 Å². The zero-order valence-corrected chi connectivity index (χ0v) is 9.73. The predicted octanol–water partition coefficient (Wildman–Crippen LogP) is 1.46. The van der Waals surface area contributed by atoms with E-state index in [2.05, 4.69) is 0 Å². The second-order valence-corrected chi connectivity index (χ2v) is 5.31. The van der Waals surface area contributed by atoms with Crippen molar-refractivity contribution in [2.45, 2.75) is 0 Å². The van der Waals surface area contributed by atoms with Crippen LogP contribution in [0.5, 0.6) is 0 Å². The van der Waals surface area contributed by atoms with Crippen molar-refractivity contribution in [2.24, 2.45) is 5.14 Å². The van der Waals surface area contributed by atoms with E-state index >= 15 is 0 Å². The van der Waals surface area contributed by atoms with Crippen molar-refractivity contribution in [3.8, 4) is 0 Å². The van der Waals surface area contributed by atoms with E-state index in [9.17, 15) is 13.2 Å². The zero-order valence-electron chi connectivity index (χ0n) is 7.41. The smallest absolute Gasteiger partial charge is 0.216 e. The maximum atomic E-state index is 11.4. The molecule has 1 aromatic rings. The Hall–Kier alpha value is -0.620. The summed E-state index contributed by atoms with van der Waals surface area (Å²) in [5.41, 5.74) is 0.0927. The van der Waals surface area contributed by atoms with E-state index in [1.165, 1.54) is 18.2 Å². The molecule has 82 valence electrons. The third kappa shape index (κ3) is 3.79. The number of carbonyl (C=O) groups excluding carboxylic acids is 1. The molecule has 15 heavy (non-hydrogen) atoms. The Morgan fingerprint density at radius 1 is 1.33 bits per heavy atom. The first-order chi connectivity index (χ1) is 6.79. The van der Waals surface area contributed by atoms with Crippen molar-refractivity contribution in [3.05, 3.63) is 33.8 Å². The Morgan fingerprint density at radius 2 is 1.93 bits per heavy atom. The van der Waals surface area contributed by atoms with Gasteiger partial charge in [0.15, 0.2) is 5.78 Å². The number of primary sulfonamides is 1. The molecule has 0 bridgehead atoms. The first-order valence-electron chi connectivity index (χ1n) is 3.78. The minimum atomic E-state index is -3.84. The van der Waals surface area contributed by atoms with Crippen LogP contribution in [0.25, 0.3) is 0 Å². The number of hydrogen-bond acceptors (Lipinski definition) is 3. The van der Waals surface area contributed by atoms with E-state index < -0.39 is 21.6 Å². The number of hydrogen-bond donors (Lipinski definition) is 1. The molecule has 0 unspecified atom stereocenters. The predicted molar refractivity (Wildman–Crippen MR) is 58.8 cm³/mol. The topological polar surface area (TPSA) is 77.2 Å². The highest BCUT2D eigenvalue weighted by atomic mass is 35.5. The van der Waals surface area contributed by atoms with Crippen molar-refractivity contribution in [2.75, 3.05) is 5.75 Å². The highest BCUT2D eigenvalue weighted by Crippen LogP contribution is 2.21. The number of Topliss-reactive ketones (excluding diaryl/α,β-unsaturated/α-hetero) is 1. The van der Waals surface area contributed by atoms with Crippen LogP contribution in [-0.2, 0) is 10.0 Å². The monoisotopic (exact) mass is 267 g/mol. The van der Waals surface area contributed by atoms with Gasteiger partial charge in [-0.3, -0.25) is 4.79 Å². The van der Waals surface area contributed by atoms with Crippen LogP contribution in [0.1, 0.15) is 10.4 Å². The normalized spacial score (nSPS) is 11.4. The molecule has 4 nitrogen and oxygen atoms in total. The van der Waals surface area contributed by atoms with Gasteiger partial charge < -0.3 is 0 Å². The summed E-state index contributed by atoms with van der Waals surface area (Å²) in [6.07, 6.45) is 0. The Kier molecular flexibility index (Phi) is 3.72. The molecule has 0 aliphatic rings. The van der Waals surface area contributed by atoms with Gasteiger partial charge in [-0.1, -0.05) is 23.2 Å². The summed E-state index contributed by atoms with van der Waals surface area (Å²) >= 11 is 11.3. The third-order valence-corrected chi connectivity index (χ3v) is 2.78. The fraction of sp³-hybridized carbons (Fsp3) is 0.125. The molecule has 0 spiro atoms. The summed E-state index contributed by atoms with van der Waals surface area (Å²) in [5, 5.41) is 5.21. The second-order valence-electron chi connectivity index (χ2n) is 2.85. The summed E-state index contributed by atoms with van der Waals surface area (Å²) < 4.78 is 21.4. The number of benzene rings is 1. The second kappa shape index (κ2) is 4.49. The number of ketones is 1. The van der Waals surface area contributed by atoms with Gasteiger partial charge in [-0.05, 0) is 18.2 Å². The maximum absolute atomic E-state index is 11.4. The van der Waals surface area contributed by atoms with E-state index in [1.54, 1.807) is 0 Å². The lowest BCUT2D eigenvalue weighted by Gasteiger charge is -2.02. The van der Waals surface area contributed by atoms with Crippen molar-refractivity contribution in [1.82, 2.24) is 0 Å². The molecule has 0 fully saturated rings. The molecule has 0 aliphatic heterocycles. The summed E-state index contributed by atoms with van der Waals surface area (Å²) in [7, 11) is -3.84. The van der Waals surface area contributed by atoms with Gasteiger partial charge in [-0.15, -0.1) is 0 Å². The summed E-state index contributed by atoms with van der Waals surface area (Å²) in [6, 6.07) is 4.17. The van der Waals surface area contributed by atoms with E-state index in [-0.39, 0.29) is 10.6 Å². The van der Waals surface area contributed by atoms with Crippen LogP contribution in [-0.4, -0.2) is 20.0 Å². The first-order valence-corrected chi connectivity index (χ1v) is 6.25. The Bertz CT molecular complexity index is 499. The Labute approximate surface area is 97.0 Å². The van der Waals surface area contributed by atoms with Crippen LogP contribution in [0.15, 0.2) is 18.2 Å². The molecule has 0 atom stereocenters. The average molecular weight is 268 g/mol. The lowest BCUT2D eigenvalue weighted by Crippen LogP contribution is -2.23. The highest BCUT2D eigenvalue weighted by Gasteiger charge is 2.16. The van der Waals surface area contributed by atoms with E-state index in [0.29, 0.717) is 5.02 Å². The van der Waals surface area contributed by atoms with E-state index in [0.717, 1.165) is 0 Å². The van der Waals surface area contributed by atoms with Gasteiger partial charge in [-0.25, -0.2) is 13.6 Å². The summed E-state index contributed by atoms with van der Waals surface area (Å²) in [5.74, 6) is -1.42. The number of halogens is 2. The molecule has 0 aliphatic carbocycles. The fourth-order valence-electron chi connectivity index (χ4n) is 0.976. The largest absolute Gasteiger partial charge is 0.293 e. The first kappa shape index (κ1) is 12.4. The molecule has 0 saturated heterocycles. The Morgan fingerprint density at radius 3 is 2.40 bits per heavy atom. The summed E-state index contributed by atoms with van der Waals surface area (Å²) in [6.45, 7) is 0. The summed E-state index contributed by atoms with van der Waals surface area (Å²) in [4.78, 5) is 11.4. The molecule has 1 aromatic carbocycles. The van der Waals surface area contributed by atoms with Crippen LogP contribution in [0.2, 0.25) is 10.0 Å². The molecule has 0 aromatic heterocycles. The molecule has 2 N–H and O–H groups in total. The number of nitrogens with two attached hydrogens (primary N) is 1. The highest BCUT2D eigenvalue weighted by molar-refractivity contribution is 7.89. The quantitative estimate of drug-likeness (QED) is 0.843. The van der Waals surface area contributed by atoms with Crippen LogP contribution in [0.4, 0.5) is 0 Å². The fourth-order valence-corrected chi connectivity index (χ4v) is 2.01. The lowest BCUT2D eigenvalue weighted by atomic mass is 10.1. The van der Waals surface area contributed by atoms with E-state index in [1.807, 2.05) is 0 Å². The number of carbonyl (C=O) groups is 1. The molecular weight excluding hydrogens is 261 g/mol. The molecule has 7 heteroatoms. The Balaban J connectivity index is 3.02. The van der Waals surface area contributed by atoms with Crippen LogP contribution >= 0.6 is 23.2 Å². The van der Waals surface area contributed by atoms with Gasteiger partial charge in [-0.2, -0.15) is 0 Å². The van der Waals surface area contributed by atoms with Crippen molar-refractivity contribution < 1.29 is 13.2 Å². The van der Waals surface area contributed by atoms with Gasteiger partial charge >= 0.3 is 0 Å². The molecular formula is C8H7Cl2NO3S. The molecule has 0 saturated carbocycles. The molecule has 1 rings (SSSR count). The van der Waals surface area contributed by atoms with Crippen LogP contribution in [0, 0.1) is 0 Å². The number of sulfonamides is 1. The van der Waals surface area contributed by atoms with Gasteiger partial charge in [0.2, 0.25) is 10.0 Å². The maximum Gasteiger partial charge on any atom is 0.216 e. The minimum Gasteiger partial charge on any atom is -0.293 e. The molecule has 0 heterocycles. The van der Waals surface area contributed by atoms with Crippen molar-refractivity contribution >= 4 is 39.0 Å². The van der Waals surface area contributed by atoms with Crippen molar-refractivity contribution in [1.29, 1.82) is 0 Å². The average Bonchev–Trinajstić information content (AvgIpc) is 1.99. The lowest BCUT2D eigenvalue weighted by molar-refractivity contribution is 0.102. The van der Waals surface area contributed by atoms with Crippen LogP contribution in [0.3, 0.4) is 0 Å². The molecule has 0 radical (unpaired) electrons. The van der Waals surface area contributed by atoms with Gasteiger partial charge in [0.05, 0.1) is 5.02 Å². The van der Waals surface area contributed by atoms with E-state index in [4.69, 9.17) is 28.3 Å². The standard InChI is InChI=1S/C8H7Cl2NO3S/c9-5-1-2-6(7(10)3-5)8(12)4-15(11,13)14/h1-3H,4H2,(H2,11,13,14).